The Hall–Kier alpha value is -0.860. The summed E-state index contributed by atoms with van der Waals surface area (Å²) in [6.45, 7) is 1.55. The number of benzene rings is 1. The van der Waals surface area contributed by atoms with E-state index in [-0.39, 0.29) is 18.3 Å². The van der Waals surface area contributed by atoms with Crippen LogP contribution < -0.4 is 0 Å². The molecule has 70 valence electrons. The molecule has 1 N–H and O–H groups in total. The van der Waals surface area contributed by atoms with Crippen LogP contribution in [-0.4, -0.2) is 17.5 Å². The summed E-state index contributed by atoms with van der Waals surface area (Å²) in [6.07, 6.45) is 0. The summed E-state index contributed by atoms with van der Waals surface area (Å²) in [5, 5.41) is 9.32. The molecule has 0 fully saturated rings. The number of ketones is 1. The van der Waals surface area contributed by atoms with Crippen LogP contribution in [0.3, 0.4) is 0 Å². The highest BCUT2D eigenvalue weighted by atomic mass is 35.5. The van der Waals surface area contributed by atoms with E-state index in [9.17, 15) is 4.79 Å². The Morgan fingerprint density at radius 1 is 1.62 bits per heavy atom. The molecule has 0 spiro atoms. The van der Waals surface area contributed by atoms with Crippen molar-refractivity contribution in [3.05, 3.63) is 34.9 Å². The lowest BCUT2D eigenvalue weighted by Gasteiger charge is -2.06. The summed E-state index contributed by atoms with van der Waals surface area (Å²) in [5.74, 6) is -0.441. The molecule has 0 aliphatic heterocycles. The summed E-state index contributed by atoms with van der Waals surface area (Å²) >= 11 is 5.72. The molecule has 1 atom stereocenters. The zero-order valence-electron chi connectivity index (χ0n) is 7.33. The highest BCUT2D eigenvalue weighted by Gasteiger charge is 2.13. The number of hydrogen-bond donors (Lipinski definition) is 1. The van der Waals surface area contributed by atoms with Gasteiger partial charge in [-0.2, -0.15) is 0 Å². The fraction of sp³-hybridized carbons (Fsp3) is 0.300. The van der Waals surface area contributed by atoms with Crippen LogP contribution in [0, 0.1) is 5.92 Å². The largest absolute Gasteiger partial charge is 0.396 e. The second-order valence-corrected chi connectivity index (χ2v) is 3.39. The molecule has 0 saturated heterocycles. The van der Waals surface area contributed by atoms with Gasteiger partial charge in [0.1, 0.15) is 0 Å². The standard InChI is InChI=1S/C10H11ClO2/c1-7(6-12)10(13)8-3-2-4-9(11)5-8/h2-5,7,12H,6H2,1H3. The van der Waals surface area contributed by atoms with Gasteiger partial charge in [-0.15, -0.1) is 0 Å². The molecule has 3 heteroatoms. The van der Waals surface area contributed by atoms with E-state index in [4.69, 9.17) is 16.7 Å². The Morgan fingerprint density at radius 2 is 2.31 bits per heavy atom. The molecule has 0 amide bonds. The summed E-state index contributed by atoms with van der Waals surface area (Å²) in [5.41, 5.74) is 0.550. The van der Waals surface area contributed by atoms with Gasteiger partial charge in [-0.3, -0.25) is 4.79 Å². The van der Waals surface area contributed by atoms with Gasteiger partial charge in [-0.25, -0.2) is 0 Å². The molecule has 1 aromatic rings. The van der Waals surface area contributed by atoms with Crippen molar-refractivity contribution < 1.29 is 9.90 Å². The summed E-state index contributed by atoms with van der Waals surface area (Å²) in [7, 11) is 0. The average molecular weight is 199 g/mol. The van der Waals surface area contributed by atoms with Crippen LogP contribution in [0.15, 0.2) is 24.3 Å². The van der Waals surface area contributed by atoms with E-state index < -0.39 is 0 Å². The van der Waals surface area contributed by atoms with Crippen molar-refractivity contribution in [1.82, 2.24) is 0 Å². The van der Waals surface area contributed by atoms with Crippen LogP contribution in [0.2, 0.25) is 5.02 Å². The van der Waals surface area contributed by atoms with Gasteiger partial charge < -0.3 is 5.11 Å². The lowest BCUT2D eigenvalue weighted by atomic mass is 10.0. The van der Waals surface area contributed by atoms with Gasteiger partial charge in [-0.1, -0.05) is 30.7 Å². The van der Waals surface area contributed by atoms with E-state index in [0.29, 0.717) is 10.6 Å². The summed E-state index contributed by atoms with van der Waals surface area (Å²) < 4.78 is 0. The van der Waals surface area contributed by atoms with Crippen LogP contribution in [0.4, 0.5) is 0 Å². The fourth-order valence-electron chi connectivity index (χ4n) is 1.01. The van der Waals surface area contributed by atoms with Crippen LogP contribution >= 0.6 is 11.6 Å². The molecule has 2 nitrogen and oxygen atoms in total. The highest BCUT2D eigenvalue weighted by Crippen LogP contribution is 2.14. The van der Waals surface area contributed by atoms with Crippen LogP contribution in [-0.2, 0) is 0 Å². The van der Waals surface area contributed by atoms with Crippen LogP contribution in [0.5, 0.6) is 0 Å². The predicted octanol–water partition coefficient (Wildman–Crippen LogP) is 2.15. The first-order valence-electron chi connectivity index (χ1n) is 4.05. The molecule has 0 bridgehead atoms. The van der Waals surface area contributed by atoms with Gasteiger partial charge in [0.2, 0.25) is 0 Å². The minimum Gasteiger partial charge on any atom is -0.396 e. The van der Waals surface area contributed by atoms with Gasteiger partial charge in [0.15, 0.2) is 5.78 Å². The second-order valence-electron chi connectivity index (χ2n) is 2.96. The zero-order chi connectivity index (χ0) is 9.84. The third-order valence-corrected chi connectivity index (χ3v) is 2.07. The monoisotopic (exact) mass is 198 g/mol. The predicted molar refractivity (Wildman–Crippen MR) is 52.0 cm³/mol. The van der Waals surface area contributed by atoms with Crippen molar-refractivity contribution in [1.29, 1.82) is 0 Å². The van der Waals surface area contributed by atoms with Gasteiger partial charge >= 0.3 is 0 Å². The highest BCUT2D eigenvalue weighted by molar-refractivity contribution is 6.31. The molecule has 0 radical (unpaired) electrons. The summed E-state index contributed by atoms with van der Waals surface area (Å²) in [4.78, 5) is 11.5. The second kappa shape index (κ2) is 4.40. The first-order valence-corrected chi connectivity index (χ1v) is 4.43. The first kappa shape index (κ1) is 10.2. The Bertz CT molecular complexity index is 310. The Labute approximate surface area is 82.2 Å². The minimum absolute atomic E-state index is 0.0787. The number of rotatable bonds is 3. The lowest BCUT2D eigenvalue weighted by Crippen LogP contribution is -2.14. The molecule has 1 aromatic carbocycles. The topological polar surface area (TPSA) is 37.3 Å². The van der Waals surface area contributed by atoms with Gasteiger partial charge in [-0.05, 0) is 12.1 Å². The van der Waals surface area contributed by atoms with Crippen molar-refractivity contribution >= 4 is 17.4 Å². The van der Waals surface area contributed by atoms with Gasteiger partial charge in [0, 0.05) is 16.5 Å². The van der Waals surface area contributed by atoms with Crippen molar-refractivity contribution in [2.45, 2.75) is 6.92 Å². The molecule has 0 aliphatic carbocycles. The third-order valence-electron chi connectivity index (χ3n) is 1.83. The molecule has 1 unspecified atom stereocenters. The number of carbonyl (C=O) groups is 1. The van der Waals surface area contributed by atoms with Crippen molar-refractivity contribution in [3.63, 3.8) is 0 Å². The lowest BCUT2D eigenvalue weighted by molar-refractivity contribution is 0.0877. The van der Waals surface area contributed by atoms with Crippen LogP contribution in [0.25, 0.3) is 0 Å². The quantitative estimate of drug-likeness (QED) is 0.756. The number of hydrogen-bond acceptors (Lipinski definition) is 2. The van der Waals surface area contributed by atoms with E-state index in [0.717, 1.165) is 0 Å². The van der Waals surface area contributed by atoms with Crippen molar-refractivity contribution in [2.24, 2.45) is 5.92 Å². The smallest absolute Gasteiger partial charge is 0.168 e. The number of aliphatic hydroxyl groups excluding tert-OH is 1. The van der Waals surface area contributed by atoms with Crippen molar-refractivity contribution in [2.75, 3.05) is 6.61 Å². The minimum atomic E-state index is -0.363. The average Bonchev–Trinajstić information content (AvgIpc) is 2.15. The van der Waals surface area contributed by atoms with E-state index in [1.165, 1.54) is 0 Å². The molecular formula is C10H11ClO2. The molecule has 0 aliphatic rings. The number of carbonyl (C=O) groups excluding carboxylic acids is 1. The number of Topliss-reactive ketones (excluding diaryl/α,β-unsaturated/α-hetero) is 1. The first-order chi connectivity index (χ1) is 6.15. The fourth-order valence-corrected chi connectivity index (χ4v) is 1.20. The third kappa shape index (κ3) is 2.54. The van der Waals surface area contributed by atoms with Crippen molar-refractivity contribution in [3.8, 4) is 0 Å². The van der Waals surface area contributed by atoms with E-state index in [2.05, 4.69) is 0 Å². The van der Waals surface area contributed by atoms with E-state index in [1.54, 1.807) is 31.2 Å². The maximum Gasteiger partial charge on any atom is 0.168 e. The maximum absolute atomic E-state index is 11.5. The summed E-state index contributed by atoms with van der Waals surface area (Å²) in [6, 6.07) is 6.73. The normalized spacial score (nSPS) is 12.5. The Kier molecular flexibility index (Phi) is 3.46. The number of aliphatic hydroxyl groups is 1. The Balaban J connectivity index is 2.89. The maximum atomic E-state index is 11.5. The molecule has 0 aromatic heterocycles. The van der Waals surface area contributed by atoms with E-state index in [1.807, 2.05) is 0 Å². The van der Waals surface area contributed by atoms with Crippen LogP contribution in [0.1, 0.15) is 17.3 Å². The zero-order valence-corrected chi connectivity index (χ0v) is 8.08. The van der Waals surface area contributed by atoms with Gasteiger partial charge in [0.05, 0.1) is 6.61 Å². The molecular weight excluding hydrogens is 188 g/mol. The molecule has 1 rings (SSSR count). The molecule has 13 heavy (non-hydrogen) atoms. The Morgan fingerprint density at radius 3 is 2.85 bits per heavy atom. The molecule has 0 heterocycles. The SMILES string of the molecule is CC(CO)C(=O)c1cccc(Cl)c1. The molecule has 0 saturated carbocycles. The number of halogens is 1. The van der Waals surface area contributed by atoms with Gasteiger partial charge in [0.25, 0.3) is 0 Å². The van der Waals surface area contributed by atoms with E-state index >= 15 is 0 Å².